The third kappa shape index (κ3) is 3.25. The molecule has 0 N–H and O–H groups in total. The van der Waals surface area contributed by atoms with Crippen LogP contribution >= 0.6 is 11.6 Å². The lowest BCUT2D eigenvalue weighted by atomic mass is 10.1. The van der Waals surface area contributed by atoms with E-state index in [1.54, 1.807) is 12.1 Å². The molecule has 1 aliphatic rings. The Bertz CT molecular complexity index is 661. The van der Waals surface area contributed by atoms with Gasteiger partial charge in [0.25, 0.3) is 5.91 Å². The summed E-state index contributed by atoms with van der Waals surface area (Å²) in [7, 11) is 0. The highest BCUT2D eigenvalue weighted by atomic mass is 35.5. The molecule has 114 valence electrons. The van der Waals surface area contributed by atoms with E-state index in [-0.39, 0.29) is 5.91 Å². The number of carbonyl (C=O) groups is 1. The molecule has 2 aromatic carbocycles. The second kappa shape index (κ2) is 6.41. The molecule has 1 fully saturated rings. The fraction of sp³-hybridized carbons (Fsp3) is 0.278. The van der Waals surface area contributed by atoms with Crippen molar-refractivity contribution in [3.05, 3.63) is 64.7 Å². The minimum atomic E-state index is 0.0612. The summed E-state index contributed by atoms with van der Waals surface area (Å²) in [6, 6.07) is 15.7. The van der Waals surface area contributed by atoms with Gasteiger partial charge in [-0.1, -0.05) is 35.4 Å². The van der Waals surface area contributed by atoms with Crippen LogP contribution in [0.25, 0.3) is 0 Å². The number of halogens is 1. The van der Waals surface area contributed by atoms with Gasteiger partial charge in [-0.2, -0.15) is 0 Å². The average molecular weight is 315 g/mol. The molecule has 0 aromatic heterocycles. The van der Waals surface area contributed by atoms with Crippen molar-refractivity contribution < 1.29 is 4.79 Å². The van der Waals surface area contributed by atoms with E-state index in [1.807, 2.05) is 17.0 Å². The van der Waals surface area contributed by atoms with Gasteiger partial charge < -0.3 is 9.80 Å². The lowest BCUT2D eigenvalue weighted by molar-refractivity contribution is 0.0747. The number of amides is 1. The SMILES string of the molecule is Cc1ccc(N2CCN(C(=O)c3cccc(Cl)c3)CC2)cc1. The lowest BCUT2D eigenvalue weighted by Crippen LogP contribution is -2.48. The number of hydrogen-bond donors (Lipinski definition) is 0. The number of nitrogens with zero attached hydrogens (tertiary/aromatic N) is 2. The van der Waals surface area contributed by atoms with E-state index in [4.69, 9.17) is 11.6 Å². The monoisotopic (exact) mass is 314 g/mol. The number of piperazine rings is 1. The van der Waals surface area contributed by atoms with Crippen molar-refractivity contribution in [2.24, 2.45) is 0 Å². The van der Waals surface area contributed by atoms with Crippen LogP contribution in [-0.2, 0) is 0 Å². The van der Waals surface area contributed by atoms with E-state index in [1.165, 1.54) is 11.3 Å². The van der Waals surface area contributed by atoms with Gasteiger partial charge in [0.2, 0.25) is 0 Å². The van der Waals surface area contributed by atoms with Gasteiger partial charge in [0, 0.05) is 42.5 Å². The van der Waals surface area contributed by atoms with Crippen molar-refractivity contribution in [3.8, 4) is 0 Å². The first-order valence-electron chi connectivity index (χ1n) is 7.50. The molecule has 0 atom stereocenters. The van der Waals surface area contributed by atoms with E-state index in [0.29, 0.717) is 10.6 Å². The van der Waals surface area contributed by atoms with E-state index in [2.05, 4.69) is 36.1 Å². The predicted octanol–water partition coefficient (Wildman–Crippen LogP) is 3.61. The normalized spacial score (nSPS) is 15.0. The summed E-state index contributed by atoms with van der Waals surface area (Å²) >= 11 is 5.96. The Morgan fingerprint density at radius 3 is 2.32 bits per heavy atom. The third-order valence-corrected chi connectivity index (χ3v) is 4.27. The molecule has 2 aromatic rings. The van der Waals surface area contributed by atoms with E-state index >= 15 is 0 Å². The number of anilines is 1. The van der Waals surface area contributed by atoms with Crippen molar-refractivity contribution in [1.82, 2.24) is 4.90 Å². The summed E-state index contributed by atoms with van der Waals surface area (Å²) in [6.45, 7) is 5.27. The molecular formula is C18H19ClN2O. The topological polar surface area (TPSA) is 23.6 Å². The van der Waals surface area contributed by atoms with Gasteiger partial charge in [-0.25, -0.2) is 0 Å². The molecule has 0 unspecified atom stereocenters. The molecule has 3 nitrogen and oxygen atoms in total. The van der Waals surface area contributed by atoms with Crippen LogP contribution in [0.15, 0.2) is 48.5 Å². The maximum atomic E-state index is 12.5. The maximum absolute atomic E-state index is 12.5. The van der Waals surface area contributed by atoms with E-state index in [9.17, 15) is 4.79 Å². The molecule has 0 spiro atoms. The number of benzene rings is 2. The Kier molecular flexibility index (Phi) is 4.34. The highest BCUT2D eigenvalue weighted by Gasteiger charge is 2.22. The van der Waals surface area contributed by atoms with Gasteiger partial charge in [-0.3, -0.25) is 4.79 Å². The second-order valence-corrected chi connectivity index (χ2v) is 6.06. The predicted molar refractivity (Wildman–Crippen MR) is 90.7 cm³/mol. The Balaban J connectivity index is 1.64. The zero-order valence-corrected chi connectivity index (χ0v) is 13.4. The summed E-state index contributed by atoms with van der Waals surface area (Å²) in [6.07, 6.45) is 0. The van der Waals surface area contributed by atoms with Crippen molar-refractivity contribution in [1.29, 1.82) is 0 Å². The summed E-state index contributed by atoms with van der Waals surface area (Å²) in [5.74, 6) is 0.0612. The largest absolute Gasteiger partial charge is 0.368 e. The van der Waals surface area contributed by atoms with Crippen LogP contribution in [0.5, 0.6) is 0 Å². The maximum Gasteiger partial charge on any atom is 0.254 e. The smallest absolute Gasteiger partial charge is 0.254 e. The third-order valence-electron chi connectivity index (χ3n) is 4.04. The van der Waals surface area contributed by atoms with E-state index < -0.39 is 0 Å². The molecule has 0 aliphatic carbocycles. The molecule has 3 rings (SSSR count). The number of hydrogen-bond acceptors (Lipinski definition) is 2. The van der Waals surface area contributed by atoms with Gasteiger partial charge >= 0.3 is 0 Å². The van der Waals surface area contributed by atoms with Crippen LogP contribution in [0.4, 0.5) is 5.69 Å². The lowest BCUT2D eigenvalue weighted by Gasteiger charge is -2.36. The molecule has 1 saturated heterocycles. The van der Waals surface area contributed by atoms with Gasteiger partial charge in [0.15, 0.2) is 0 Å². The number of carbonyl (C=O) groups excluding carboxylic acids is 1. The van der Waals surface area contributed by atoms with Crippen LogP contribution in [0, 0.1) is 6.92 Å². The average Bonchev–Trinajstić information content (AvgIpc) is 2.55. The quantitative estimate of drug-likeness (QED) is 0.845. The molecule has 0 bridgehead atoms. The molecule has 0 saturated carbocycles. The number of rotatable bonds is 2. The summed E-state index contributed by atoms with van der Waals surface area (Å²) < 4.78 is 0. The fourth-order valence-corrected chi connectivity index (χ4v) is 2.92. The molecule has 4 heteroatoms. The molecule has 1 amide bonds. The fourth-order valence-electron chi connectivity index (χ4n) is 2.73. The minimum Gasteiger partial charge on any atom is -0.368 e. The first-order chi connectivity index (χ1) is 10.6. The zero-order chi connectivity index (χ0) is 15.5. The van der Waals surface area contributed by atoms with Crippen molar-refractivity contribution in [2.45, 2.75) is 6.92 Å². The molecular weight excluding hydrogens is 296 g/mol. The van der Waals surface area contributed by atoms with Crippen LogP contribution in [0.1, 0.15) is 15.9 Å². The first kappa shape index (κ1) is 14.9. The molecule has 22 heavy (non-hydrogen) atoms. The first-order valence-corrected chi connectivity index (χ1v) is 7.88. The van der Waals surface area contributed by atoms with Crippen molar-refractivity contribution >= 4 is 23.2 Å². The number of aryl methyl sites for hydroxylation is 1. The summed E-state index contributed by atoms with van der Waals surface area (Å²) in [4.78, 5) is 16.7. The Labute approximate surface area is 136 Å². The van der Waals surface area contributed by atoms with Gasteiger partial charge in [-0.05, 0) is 37.3 Å². The van der Waals surface area contributed by atoms with Crippen LogP contribution < -0.4 is 4.90 Å². The highest BCUT2D eigenvalue weighted by molar-refractivity contribution is 6.30. The second-order valence-electron chi connectivity index (χ2n) is 5.63. The Morgan fingerprint density at radius 1 is 1.00 bits per heavy atom. The van der Waals surface area contributed by atoms with Gasteiger partial charge in [0.05, 0.1) is 0 Å². The standard InChI is InChI=1S/C18H19ClN2O/c1-14-5-7-17(8-6-14)20-9-11-21(12-10-20)18(22)15-3-2-4-16(19)13-15/h2-8,13H,9-12H2,1H3. The summed E-state index contributed by atoms with van der Waals surface area (Å²) in [5, 5.41) is 0.601. The Hall–Kier alpha value is -2.00. The molecule has 0 radical (unpaired) electrons. The van der Waals surface area contributed by atoms with Crippen molar-refractivity contribution in [2.75, 3.05) is 31.1 Å². The molecule has 1 heterocycles. The van der Waals surface area contributed by atoms with Crippen LogP contribution in [-0.4, -0.2) is 37.0 Å². The molecule has 1 aliphatic heterocycles. The van der Waals surface area contributed by atoms with Crippen molar-refractivity contribution in [3.63, 3.8) is 0 Å². The van der Waals surface area contributed by atoms with Gasteiger partial charge in [-0.15, -0.1) is 0 Å². The van der Waals surface area contributed by atoms with Gasteiger partial charge in [0.1, 0.15) is 0 Å². The Morgan fingerprint density at radius 2 is 1.68 bits per heavy atom. The van der Waals surface area contributed by atoms with Crippen LogP contribution in [0.2, 0.25) is 5.02 Å². The zero-order valence-electron chi connectivity index (χ0n) is 12.6. The minimum absolute atomic E-state index is 0.0612. The van der Waals surface area contributed by atoms with Crippen LogP contribution in [0.3, 0.4) is 0 Å². The highest BCUT2D eigenvalue weighted by Crippen LogP contribution is 2.19. The van der Waals surface area contributed by atoms with E-state index in [0.717, 1.165) is 26.2 Å². The summed E-state index contributed by atoms with van der Waals surface area (Å²) in [5.41, 5.74) is 3.15.